The number of benzene rings is 1. The van der Waals surface area contributed by atoms with E-state index >= 15 is 0 Å². The Morgan fingerprint density at radius 2 is 2.14 bits per heavy atom. The molecule has 0 spiro atoms. The fourth-order valence-electron chi connectivity index (χ4n) is 2.16. The average molecular weight is 299 g/mol. The van der Waals surface area contributed by atoms with E-state index in [0.29, 0.717) is 10.8 Å². The topological polar surface area (TPSA) is 68.0 Å². The smallest absolute Gasteiger partial charge is 0.335 e. The zero-order valence-electron chi connectivity index (χ0n) is 11.4. The van der Waals surface area contributed by atoms with Crippen LogP contribution in [0.5, 0.6) is 0 Å². The van der Waals surface area contributed by atoms with Crippen LogP contribution in [0.25, 0.3) is 10.9 Å². The maximum atomic E-state index is 11.0. The number of fused-ring (bicyclic) bond motifs is 1. The van der Waals surface area contributed by atoms with Crippen molar-refractivity contribution in [1.82, 2.24) is 14.8 Å². The largest absolute Gasteiger partial charge is 0.478 e. The Bertz CT molecular complexity index is 814. The number of aryl methyl sites for hydroxylation is 1. The first-order chi connectivity index (χ1) is 10.1. The van der Waals surface area contributed by atoms with E-state index < -0.39 is 5.97 Å². The molecule has 0 aliphatic carbocycles. The number of pyridine rings is 1. The number of aromatic carboxylic acids is 1. The third-order valence-corrected chi connectivity index (χ3v) is 4.11. The monoisotopic (exact) mass is 299 g/mol. The molecule has 0 saturated heterocycles. The van der Waals surface area contributed by atoms with Gasteiger partial charge in [0.25, 0.3) is 0 Å². The second-order valence-electron chi connectivity index (χ2n) is 4.56. The molecule has 3 rings (SSSR count). The van der Waals surface area contributed by atoms with E-state index in [1.807, 2.05) is 36.0 Å². The number of aromatic nitrogens is 3. The Kier molecular flexibility index (Phi) is 3.62. The molecule has 1 aromatic carbocycles. The van der Waals surface area contributed by atoms with Crippen LogP contribution in [0.4, 0.5) is 0 Å². The van der Waals surface area contributed by atoms with Crippen LogP contribution >= 0.6 is 11.8 Å². The van der Waals surface area contributed by atoms with Crippen molar-refractivity contribution in [1.29, 1.82) is 0 Å². The van der Waals surface area contributed by atoms with Crippen molar-refractivity contribution < 1.29 is 9.90 Å². The van der Waals surface area contributed by atoms with Crippen molar-refractivity contribution in [3.8, 4) is 0 Å². The summed E-state index contributed by atoms with van der Waals surface area (Å²) < 4.78 is 1.85. The molecule has 0 aliphatic heterocycles. The fourth-order valence-corrected chi connectivity index (χ4v) is 3.00. The number of para-hydroxylation sites is 1. The summed E-state index contributed by atoms with van der Waals surface area (Å²) in [5.74, 6) is -0.292. The average Bonchev–Trinajstić information content (AvgIpc) is 2.82. The van der Waals surface area contributed by atoms with Gasteiger partial charge in [-0.2, -0.15) is 5.10 Å². The molecule has 0 bridgehead atoms. The SMILES string of the molecule is Cn1nc(CSc2cc(C(=O)O)ccn2)c2ccccc21. The molecular formula is C15H13N3O2S. The molecule has 2 heterocycles. The lowest BCUT2D eigenvalue weighted by molar-refractivity contribution is 0.0696. The van der Waals surface area contributed by atoms with Crippen LogP contribution < -0.4 is 0 Å². The van der Waals surface area contributed by atoms with Crippen molar-refractivity contribution in [3.05, 3.63) is 53.9 Å². The second-order valence-corrected chi connectivity index (χ2v) is 5.56. The number of carbonyl (C=O) groups is 1. The molecule has 0 saturated carbocycles. The van der Waals surface area contributed by atoms with E-state index in [1.165, 1.54) is 24.0 Å². The first kappa shape index (κ1) is 13.6. The van der Waals surface area contributed by atoms with Crippen molar-refractivity contribution in [2.75, 3.05) is 0 Å². The molecule has 21 heavy (non-hydrogen) atoms. The number of thioether (sulfide) groups is 1. The van der Waals surface area contributed by atoms with Gasteiger partial charge in [-0.25, -0.2) is 9.78 Å². The van der Waals surface area contributed by atoms with Crippen molar-refractivity contribution in [2.24, 2.45) is 7.05 Å². The first-order valence-corrected chi connectivity index (χ1v) is 7.36. The van der Waals surface area contributed by atoms with Crippen LogP contribution in [0.3, 0.4) is 0 Å². The van der Waals surface area contributed by atoms with Crippen LogP contribution in [-0.4, -0.2) is 25.8 Å². The minimum Gasteiger partial charge on any atom is -0.478 e. The van der Waals surface area contributed by atoms with Gasteiger partial charge >= 0.3 is 5.97 Å². The number of nitrogens with zero attached hydrogens (tertiary/aromatic N) is 3. The zero-order valence-corrected chi connectivity index (χ0v) is 12.2. The Morgan fingerprint density at radius 3 is 2.95 bits per heavy atom. The third-order valence-electron chi connectivity index (χ3n) is 3.17. The van der Waals surface area contributed by atoms with E-state index in [-0.39, 0.29) is 5.56 Å². The van der Waals surface area contributed by atoms with E-state index in [0.717, 1.165) is 16.6 Å². The molecule has 2 aromatic heterocycles. The summed E-state index contributed by atoms with van der Waals surface area (Å²) in [7, 11) is 1.92. The summed E-state index contributed by atoms with van der Waals surface area (Å²) >= 11 is 1.48. The minimum atomic E-state index is -0.942. The van der Waals surface area contributed by atoms with E-state index in [2.05, 4.69) is 10.1 Å². The van der Waals surface area contributed by atoms with Crippen molar-refractivity contribution in [2.45, 2.75) is 10.8 Å². The van der Waals surface area contributed by atoms with Gasteiger partial charge in [-0.05, 0) is 18.2 Å². The Labute approximate surface area is 125 Å². The first-order valence-electron chi connectivity index (χ1n) is 6.38. The summed E-state index contributed by atoms with van der Waals surface area (Å²) in [5, 5.41) is 15.3. The number of rotatable bonds is 4. The van der Waals surface area contributed by atoms with Crippen LogP contribution in [0.15, 0.2) is 47.6 Å². The van der Waals surface area contributed by atoms with Gasteiger partial charge < -0.3 is 5.11 Å². The van der Waals surface area contributed by atoms with E-state index in [4.69, 9.17) is 5.11 Å². The summed E-state index contributed by atoms with van der Waals surface area (Å²) in [6, 6.07) is 11.1. The molecule has 1 N–H and O–H groups in total. The number of hydrogen-bond donors (Lipinski definition) is 1. The molecule has 0 aliphatic rings. The summed E-state index contributed by atoms with van der Waals surface area (Å²) in [6.07, 6.45) is 1.52. The highest BCUT2D eigenvalue weighted by Gasteiger charge is 2.10. The molecule has 0 unspecified atom stereocenters. The molecule has 106 valence electrons. The number of carboxylic acid groups (broad SMARTS) is 1. The molecule has 0 fully saturated rings. The number of carboxylic acids is 1. The lowest BCUT2D eigenvalue weighted by Crippen LogP contribution is -1.97. The zero-order chi connectivity index (χ0) is 14.8. The third kappa shape index (κ3) is 2.75. The standard InChI is InChI=1S/C15H13N3O2S/c1-18-13-5-3-2-4-11(13)12(17-18)9-21-14-8-10(15(19)20)6-7-16-14/h2-8H,9H2,1H3,(H,19,20). The second kappa shape index (κ2) is 5.57. The molecule has 6 heteroatoms. The minimum absolute atomic E-state index is 0.248. The molecular weight excluding hydrogens is 286 g/mol. The molecule has 3 aromatic rings. The highest BCUT2D eigenvalue weighted by atomic mass is 32.2. The predicted molar refractivity (Wildman–Crippen MR) is 81.5 cm³/mol. The highest BCUT2D eigenvalue weighted by molar-refractivity contribution is 7.98. The lowest BCUT2D eigenvalue weighted by Gasteiger charge is -2.00. The van der Waals surface area contributed by atoms with Crippen LogP contribution in [0, 0.1) is 0 Å². The van der Waals surface area contributed by atoms with E-state index in [9.17, 15) is 4.79 Å². The highest BCUT2D eigenvalue weighted by Crippen LogP contribution is 2.25. The molecule has 5 nitrogen and oxygen atoms in total. The van der Waals surface area contributed by atoms with Gasteiger partial charge in [0.15, 0.2) is 0 Å². The van der Waals surface area contributed by atoms with Crippen LogP contribution in [0.1, 0.15) is 16.1 Å². The Balaban J connectivity index is 1.84. The van der Waals surface area contributed by atoms with Crippen LogP contribution in [-0.2, 0) is 12.8 Å². The quantitative estimate of drug-likeness (QED) is 0.750. The molecule has 0 atom stereocenters. The van der Waals surface area contributed by atoms with Crippen LogP contribution in [0.2, 0.25) is 0 Å². The summed E-state index contributed by atoms with van der Waals surface area (Å²) in [5.41, 5.74) is 2.30. The van der Waals surface area contributed by atoms with Crippen molar-refractivity contribution >= 4 is 28.6 Å². The number of hydrogen-bond acceptors (Lipinski definition) is 4. The Hall–Kier alpha value is -2.34. The molecule has 0 amide bonds. The predicted octanol–water partition coefficient (Wildman–Crippen LogP) is 2.96. The maximum Gasteiger partial charge on any atom is 0.335 e. The van der Waals surface area contributed by atoms with Gasteiger partial charge in [0, 0.05) is 24.4 Å². The van der Waals surface area contributed by atoms with Gasteiger partial charge in [-0.15, -0.1) is 0 Å². The van der Waals surface area contributed by atoms with Gasteiger partial charge in [0.2, 0.25) is 0 Å². The summed E-state index contributed by atoms with van der Waals surface area (Å²) in [4.78, 5) is 15.1. The normalized spacial score (nSPS) is 10.9. The van der Waals surface area contributed by atoms with Gasteiger partial charge in [-0.1, -0.05) is 30.0 Å². The van der Waals surface area contributed by atoms with Gasteiger partial charge in [0.05, 0.1) is 21.8 Å². The van der Waals surface area contributed by atoms with Gasteiger partial charge in [-0.3, -0.25) is 4.68 Å². The van der Waals surface area contributed by atoms with Gasteiger partial charge in [0.1, 0.15) is 0 Å². The maximum absolute atomic E-state index is 11.0. The lowest BCUT2D eigenvalue weighted by atomic mass is 10.2. The molecule has 0 radical (unpaired) electrons. The summed E-state index contributed by atoms with van der Waals surface area (Å²) in [6.45, 7) is 0. The van der Waals surface area contributed by atoms with Crippen molar-refractivity contribution in [3.63, 3.8) is 0 Å². The Morgan fingerprint density at radius 1 is 1.33 bits per heavy atom. The fraction of sp³-hybridized carbons (Fsp3) is 0.133. The van der Waals surface area contributed by atoms with E-state index in [1.54, 1.807) is 6.07 Å².